The van der Waals surface area contributed by atoms with Crippen molar-refractivity contribution in [2.24, 2.45) is 0 Å². The molecular formula is C20H18FNO2S. The molecule has 3 nitrogen and oxygen atoms in total. The fourth-order valence-corrected chi connectivity index (χ4v) is 3.11. The zero-order valence-electron chi connectivity index (χ0n) is 14.0. The molecule has 3 aromatic rings. The minimum absolute atomic E-state index is 0.254. The van der Waals surface area contributed by atoms with Gasteiger partial charge in [0, 0.05) is 11.3 Å². The zero-order valence-corrected chi connectivity index (χ0v) is 14.8. The van der Waals surface area contributed by atoms with E-state index in [0.717, 1.165) is 16.9 Å². The van der Waals surface area contributed by atoms with Gasteiger partial charge in [0.05, 0.1) is 4.88 Å². The molecule has 5 heteroatoms. The van der Waals surface area contributed by atoms with E-state index in [4.69, 9.17) is 4.74 Å². The van der Waals surface area contributed by atoms with E-state index >= 15 is 0 Å². The van der Waals surface area contributed by atoms with E-state index in [1.54, 1.807) is 25.1 Å². The molecule has 0 spiro atoms. The third kappa shape index (κ3) is 4.25. The molecule has 3 rings (SSSR count). The Labute approximate surface area is 150 Å². The highest BCUT2D eigenvalue weighted by Crippen LogP contribution is 2.22. The van der Waals surface area contributed by atoms with Gasteiger partial charge in [-0.2, -0.15) is 0 Å². The Morgan fingerprint density at radius 2 is 1.92 bits per heavy atom. The third-order valence-electron chi connectivity index (χ3n) is 3.80. The quantitative estimate of drug-likeness (QED) is 0.671. The Morgan fingerprint density at radius 3 is 2.68 bits per heavy atom. The van der Waals surface area contributed by atoms with Crippen LogP contribution in [0.25, 0.3) is 0 Å². The van der Waals surface area contributed by atoms with Crippen LogP contribution in [0, 0.1) is 19.7 Å². The van der Waals surface area contributed by atoms with E-state index in [1.807, 2.05) is 36.6 Å². The van der Waals surface area contributed by atoms with Gasteiger partial charge in [-0.3, -0.25) is 4.79 Å². The van der Waals surface area contributed by atoms with Crippen molar-refractivity contribution in [3.8, 4) is 5.75 Å². The average Bonchev–Trinajstić information content (AvgIpc) is 3.07. The molecule has 0 saturated heterocycles. The Bertz CT molecular complexity index is 904. The molecular weight excluding hydrogens is 337 g/mol. The van der Waals surface area contributed by atoms with Crippen LogP contribution in [-0.2, 0) is 6.61 Å². The first-order valence-electron chi connectivity index (χ1n) is 7.86. The predicted octanol–water partition coefficient (Wildman–Crippen LogP) is 5.34. The number of nitrogens with one attached hydrogen (secondary N) is 1. The van der Waals surface area contributed by atoms with Gasteiger partial charge in [-0.1, -0.05) is 24.3 Å². The van der Waals surface area contributed by atoms with Crippen molar-refractivity contribution in [3.63, 3.8) is 0 Å². The van der Waals surface area contributed by atoms with Gasteiger partial charge in [-0.25, -0.2) is 4.39 Å². The van der Waals surface area contributed by atoms with Crippen LogP contribution in [0.4, 0.5) is 10.1 Å². The van der Waals surface area contributed by atoms with Gasteiger partial charge in [-0.05, 0) is 54.6 Å². The number of anilines is 1. The molecule has 1 aromatic heterocycles. The lowest BCUT2D eigenvalue weighted by molar-refractivity contribution is 0.103. The number of aryl methyl sites for hydroxylation is 2. The second kappa shape index (κ2) is 7.49. The first-order chi connectivity index (χ1) is 12.0. The van der Waals surface area contributed by atoms with E-state index in [-0.39, 0.29) is 11.7 Å². The number of rotatable bonds is 5. The average molecular weight is 355 g/mol. The van der Waals surface area contributed by atoms with Crippen LogP contribution in [0.15, 0.2) is 53.9 Å². The summed E-state index contributed by atoms with van der Waals surface area (Å²) in [5.74, 6) is 0.238. The van der Waals surface area contributed by atoms with Crippen molar-refractivity contribution in [2.75, 3.05) is 5.32 Å². The molecule has 25 heavy (non-hydrogen) atoms. The largest absolute Gasteiger partial charge is 0.489 e. The summed E-state index contributed by atoms with van der Waals surface area (Å²) in [6.45, 7) is 4.07. The van der Waals surface area contributed by atoms with Crippen LogP contribution in [0.2, 0.25) is 0 Å². The predicted molar refractivity (Wildman–Crippen MR) is 98.9 cm³/mol. The highest BCUT2D eigenvalue weighted by molar-refractivity contribution is 7.12. The lowest BCUT2D eigenvalue weighted by atomic mass is 10.2. The summed E-state index contributed by atoms with van der Waals surface area (Å²) in [7, 11) is 0. The number of amides is 1. The van der Waals surface area contributed by atoms with Crippen LogP contribution in [-0.4, -0.2) is 5.91 Å². The van der Waals surface area contributed by atoms with Gasteiger partial charge in [0.25, 0.3) is 5.91 Å². The van der Waals surface area contributed by atoms with Crippen LogP contribution in [0.5, 0.6) is 5.75 Å². The molecule has 128 valence electrons. The minimum Gasteiger partial charge on any atom is -0.489 e. The molecule has 0 aliphatic heterocycles. The van der Waals surface area contributed by atoms with Gasteiger partial charge in [0.1, 0.15) is 18.2 Å². The summed E-state index contributed by atoms with van der Waals surface area (Å²) in [5.41, 5.74) is 2.98. The van der Waals surface area contributed by atoms with Gasteiger partial charge in [0.15, 0.2) is 0 Å². The Hall–Kier alpha value is -2.66. The van der Waals surface area contributed by atoms with E-state index < -0.39 is 0 Å². The van der Waals surface area contributed by atoms with Crippen molar-refractivity contribution in [3.05, 3.63) is 81.3 Å². The number of carbonyl (C=O) groups excluding carboxylic acids is 1. The molecule has 0 saturated carbocycles. The number of ether oxygens (including phenoxy) is 1. The number of carbonyl (C=O) groups is 1. The number of hydrogen-bond donors (Lipinski definition) is 1. The maximum absolute atomic E-state index is 13.6. The maximum Gasteiger partial charge on any atom is 0.265 e. The SMILES string of the molecule is Cc1ccc(NC(=O)c2cc(COc3ccccc3C)cs2)cc1F. The topological polar surface area (TPSA) is 38.3 Å². The maximum atomic E-state index is 13.6. The Balaban J connectivity index is 1.63. The van der Waals surface area contributed by atoms with E-state index in [0.29, 0.717) is 22.7 Å². The highest BCUT2D eigenvalue weighted by atomic mass is 32.1. The summed E-state index contributed by atoms with van der Waals surface area (Å²) >= 11 is 1.34. The number of thiophene rings is 1. The van der Waals surface area contributed by atoms with Crippen molar-refractivity contribution in [2.45, 2.75) is 20.5 Å². The molecule has 0 bridgehead atoms. The van der Waals surface area contributed by atoms with E-state index in [9.17, 15) is 9.18 Å². The first kappa shape index (κ1) is 17.2. The molecule has 0 radical (unpaired) electrons. The summed E-state index contributed by atoms with van der Waals surface area (Å²) in [4.78, 5) is 12.8. The second-order valence-electron chi connectivity index (χ2n) is 5.79. The van der Waals surface area contributed by atoms with Crippen molar-refractivity contribution in [1.29, 1.82) is 0 Å². The van der Waals surface area contributed by atoms with Crippen molar-refractivity contribution < 1.29 is 13.9 Å². The molecule has 0 aliphatic carbocycles. The Morgan fingerprint density at radius 1 is 1.12 bits per heavy atom. The smallest absolute Gasteiger partial charge is 0.265 e. The zero-order chi connectivity index (χ0) is 17.8. The van der Waals surface area contributed by atoms with E-state index in [2.05, 4.69) is 5.32 Å². The summed E-state index contributed by atoms with van der Waals surface area (Å²) in [6.07, 6.45) is 0. The fraction of sp³-hybridized carbons (Fsp3) is 0.150. The van der Waals surface area contributed by atoms with Gasteiger partial charge < -0.3 is 10.1 Å². The number of para-hydroxylation sites is 1. The monoisotopic (exact) mass is 355 g/mol. The molecule has 1 heterocycles. The summed E-state index contributed by atoms with van der Waals surface area (Å²) in [6, 6.07) is 14.2. The minimum atomic E-state index is -0.337. The molecule has 0 atom stereocenters. The second-order valence-corrected chi connectivity index (χ2v) is 6.70. The molecule has 0 unspecified atom stereocenters. The first-order valence-corrected chi connectivity index (χ1v) is 8.74. The fourth-order valence-electron chi connectivity index (χ4n) is 2.31. The summed E-state index contributed by atoms with van der Waals surface area (Å²) in [5, 5.41) is 4.60. The molecule has 1 N–H and O–H groups in total. The molecule has 2 aromatic carbocycles. The molecule has 0 aliphatic rings. The number of hydrogen-bond acceptors (Lipinski definition) is 3. The Kier molecular flexibility index (Phi) is 5.14. The lowest BCUT2D eigenvalue weighted by Crippen LogP contribution is -2.10. The number of halogens is 1. The summed E-state index contributed by atoms with van der Waals surface area (Å²) < 4.78 is 19.4. The van der Waals surface area contributed by atoms with Crippen LogP contribution in [0.3, 0.4) is 0 Å². The molecule has 1 amide bonds. The van der Waals surface area contributed by atoms with Crippen LogP contribution in [0.1, 0.15) is 26.4 Å². The standard InChI is InChI=1S/C20H18FNO2S/c1-13-7-8-16(10-17(13)21)22-20(23)19-9-15(12-25-19)11-24-18-6-4-3-5-14(18)2/h3-10,12H,11H2,1-2H3,(H,22,23). The lowest BCUT2D eigenvalue weighted by Gasteiger charge is -2.07. The third-order valence-corrected chi connectivity index (χ3v) is 4.77. The van der Waals surface area contributed by atoms with Gasteiger partial charge in [0.2, 0.25) is 0 Å². The highest BCUT2D eigenvalue weighted by Gasteiger charge is 2.11. The van der Waals surface area contributed by atoms with Gasteiger partial charge in [-0.15, -0.1) is 11.3 Å². The van der Waals surface area contributed by atoms with Crippen LogP contribution < -0.4 is 10.1 Å². The van der Waals surface area contributed by atoms with Crippen LogP contribution >= 0.6 is 11.3 Å². The van der Waals surface area contributed by atoms with Crippen molar-refractivity contribution in [1.82, 2.24) is 0 Å². The van der Waals surface area contributed by atoms with Crippen molar-refractivity contribution >= 4 is 22.9 Å². The molecule has 0 fully saturated rings. The number of benzene rings is 2. The van der Waals surface area contributed by atoms with E-state index in [1.165, 1.54) is 17.4 Å². The normalized spacial score (nSPS) is 10.5. The van der Waals surface area contributed by atoms with Gasteiger partial charge >= 0.3 is 0 Å².